The first kappa shape index (κ1) is 11.7. The van der Waals surface area contributed by atoms with E-state index < -0.39 is 0 Å². The summed E-state index contributed by atoms with van der Waals surface area (Å²) in [6, 6.07) is 5.44. The number of benzene rings is 1. The summed E-state index contributed by atoms with van der Waals surface area (Å²) in [7, 11) is 0. The molecule has 1 aliphatic heterocycles. The van der Waals surface area contributed by atoms with Gasteiger partial charge in [0.05, 0.1) is 5.02 Å². The van der Waals surface area contributed by atoms with Crippen molar-refractivity contribution in [3.63, 3.8) is 0 Å². The predicted molar refractivity (Wildman–Crippen MR) is 65.7 cm³/mol. The van der Waals surface area contributed by atoms with Crippen LogP contribution in [0.3, 0.4) is 0 Å². The summed E-state index contributed by atoms with van der Waals surface area (Å²) < 4.78 is 13.0. The van der Waals surface area contributed by atoms with E-state index in [0.29, 0.717) is 6.04 Å². The Morgan fingerprint density at radius 2 is 2.38 bits per heavy atom. The van der Waals surface area contributed by atoms with Gasteiger partial charge in [-0.15, -0.1) is 0 Å². The molecule has 0 spiro atoms. The van der Waals surface area contributed by atoms with Gasteiger partial charge >= 0.3 is 0 Å². The summed E-state index contributed by atoms with van der Waals surface area (Å²) in [6.07, 6.45) is 1.10. The van der Waals surface area contributed by atoms with E-state index in [0.717, 1.165) is 31.7 Å². The molecule has 0 amide bonds. The predicted octanol–water partition coefficient (Wildman–Crippen LogP) is 2.67. The molecule has 1 fully saturated rings. The van der Waals surface area contributed by atoms with Gasteiger partial charge in [0.1, 0.15) is 5.82 Å². The third-order valence-electron chi connectivity index (χ3n) is 3.02. The fraction of sp³-hybridized carbons (Fsp3) is 0.500. The zero-order valence-corrected chi connectivity index (χ0v) is 10.1. The molecule has 2 nitrogen and oxygen atoms in total. The third kappa shape index (κ3) is 2.47. The van der Waals surface area contributed by atoms with Gasteiger partial charge in [0, 0.05) is 31.4 Å². The molecule has 0 saturated carbocycles. The van der Waals surface area contributed by atoms with E-state index in [1.54, 1.807) is 12.1 Å². The van der Waals surface area contributed by atoms with Crippen LogP contribution in [0.25, 0.3) is 0 Å². The zero-order chi connectivity index (χ0) is 11.5. The highest BCUT2D eigenvalue weighted by Crippen LogP contribution is 2.23. The molecule has 1 saturated heterocycles. The van der Waals surface area contributed by atoms with Crippen LogP contribution in [0.1, 0.15) is 13.3 Å². The van der Waals surface area contributed by atoms with Crippen molar-refractivity contribution in [2.24, 2.45) is 0 Å². The van der Waals surface area contributed by atoms with Crippen LogP contribution < -0.4 is 10.2 Å². The lowest BCUT2D eigenvalue weighted by atomic mass is 10.1. The molecule has 1 aromatic carbocycles. The lowest BCUT2D eigenvalue weighted by molar-refractivity contribution is 0.447. The Labute approximate surface area is 100 Å². The Morgan fingerprint density at radius 3 is 3.06 bits per heavy atom. The zero-order valence-electron chi connectivity index (χ0n) is 9.34. The molecule has 88 valence electrons. The van der Waals surface area contributed by atoms with Crippen molar-refractivity contribution in [3.8, 4) is 0 Å². The van der Waals surface area contributed by atoms with E-state index >= 15 is 0 Å². The van der Waals surface area contributed by atoms with Gasteiger partial charge in [-0.3, -0.25) is 0 Å². The molecule has 1 atom stereocenters. The van der Waals surface area contributed by atoms with Crippen molar-refractivity contribution in [2.75, 3.05) is 24.5 Å². The minimum atomic E-state index is -0.354. The Morgan fingerprint density at radius 1 is 1.56 bits per heavy atom. The lowest BCUT2D eigenvalue weighted by Crippen LogP contribution is -2.50. The number of halogens is 2. The maximum Gasteiger partial charge on any atom is 0.141 e. The van der Waals surface area contributed by atoms with Gasteiger partial charge in [-0.2, -0.15) is 0 Å². The maximum absolute atomic E-state index is 13.0. The van der Waals surface area contributed by atoms with Crippen LogP contribution in [0.5, 0.6) is 0 Å². The van der Waals surface area contributed by atoms with Gasteiger partial charge in [0.2, 0.25) is 0 Å². The second-order valence-corrected chi connectivity index (χ2v) is 4.51. The van der Waals surface area contributed by atoms with E-state index in [4.69, 9.17) is 11.6 Å². The molecule has 0 aromatic heterocycles. The SMILES string of the molecule is CCC1CN(c2ccc(F)c(Cl)c2)CCN1. The molecule has 0 radical (unpaired) electrons. The van der Waals surface area contributed by atoms with E-state index in [-0.39, 0.29) is 10.8 Å². The highest BCUT2D eigenvalue weighted by atomic mass is 35.5. The average molecular weight is 243 g/mol. The molecule has 1 N–H and O–H groups in total. The molecular weight excluding hydrogens is 227 g/mol. The van der Waals surface area contributed by atoms with Gasteiger partial charge in [-0.25, -0.2) is 4.39 Å². The third-order valence-corrected chi connectivity index (χ3v) is 3.31. The molecule has 1 heterocycles. The summed E-state index contributed by atoms with van der Waals surface area (Å²) in [5, 5.41) is 3.64. The molecule has 0 bridgehead atoms. The van der Waals surface area contributed by atoms with Gasteiger partial charge in [0.15, 0.2) is 0 Å². The Bertz CT molecular complexity index is 370. The van der Waals surface area contributed by atoms with Crippen LogP contribution in [0, 0.1) is 5.82 Å². The summed E-state index contributed by atoms with van der Waals surface area (Å²) in [4.78, 5) is 2.25. The van der Waals surface area contributed by atoms with Crippen molar-refractivity contribution < 1.29 is 4.39 Å². The van der Waals surface area contributed by atoms with Crippen molar-refractivity contribution in [3.05, 3.63) is 29.0 Å². The average Bonchev–Trinajstić information content (AvgIpc) is 2.33. The summed E-state index contributed by atoms with van der Waals surface area (Å²) >= 11 is 5.79. The summed E-state index contributed by atoms with van der Waals surface area (Å²) in [5.41, 5.74) is 1.01. The molecule has 2 rings (SSSR count). The molecular formula is C12H16ClFN2. The minimum Gasteiger partial charge on any atom is -0.369 e. The molecule has 16 heavy (non-hydrogen) atoms. The number of nitrogens with one attached hydrogen (secondary N) is 1. The Balaban J connectivity index is 2.13. The fourth-order valence-electron chi connectivity index (χ4n) is 2.02. The Kier molecular flexibility index (Phi) is 3.66. The van der Waals surface area contributed by atoms with Crippen LogP contribution in [-0.4, -0.2) is 25.7 Å². The van der Waals surface area contributed by atoms with E-state index in [2.05, 4.69) is 17.1 Å². The van der Waals surface area contributed by atoms with E-state index in [1.807, 2.05) is 0 Å². The van der Waals surface area contributed by atoms with Crippen molar-refractivity contribution >= 4 is 17.3 Å². The first-order chi connectivity index (χ1) is 7.70. The Hall–Kier alpha value is -0.800. The second kappa shape index (κ2) is 5.02. The number of rotatable bonds is 2. The number of piperazine rings is 1. The first-order valence-electron chi connectivity index (χ1n) is 5.64. The maximum atomic E-state index is 13.0. The summed E-state index contributed by atoms with van der Waals surface area (Å²) in [6.45, 7) is 5.03. The number of nitrogens with zero attached hydrogens (tertiary/aromatic N) is 1. The van der Waals surface area contributed by atoms with E-state index in [1.165, 1.54) is 6.07 Å². The first-order valence-corrected chi connectivity index (χ1v) is 6.02. The normalized spacial score (nSPS) is 21.2. The highest BCUT2D eigenvalue weighted by molar-refractivity contribution is 6.31. The van der Waals surface area contributed by atoms with Crippen LogP contribution in [0.15, 0.2) is 18.2 Å². The van der Waals surface area contributed by atoms with Gasteiger partial charge in [-0.1, -0.05) is 18.5 Å². The molecule has 1 aromatic rings. The molecule has 0 aliphatic carbocycles. The van der Waals surface area contributed by atoms with Crippen molar-refractivity contribution in [2.45, 2.75) is 19.4 Å². The van der Waals surface area contributed by atoms with Crippen LogP contribution in [-0.2, 0) is 0 Å². The van der Waals surface area contributed by atoms with Gasteiger partial charge < -0.3 is 10.2 Å². The highest BCUT2D eigenvalue weighted by Gasteiger charge is 2.18. The number of anilines is 1. The number of hydrogen-bond donors (Lipinski definition) is 1. The quantitative estimate of drug-likeness (QED) is 0.858. The fourth-order valence-corrected chi connectivity index (χ4v) is 2.19. The molecule has 1 unspecified atom stereocenters. The monoisotopic (exact) mass is 242 g/mol. The van der Waals surface area contributed by atoms with Gasteiger partial charge in [-0.05, 0) is 24.6 Å². The largest absolute Gasteiger partial charge is 0.369 e. The standard InChI is InChI=1S/C12H16ClFN2/c1-2-9-8-16(6-5-15-9)10-3-4-12(14)11(13)7-10/h3-4,7,9,15H,2,5-6,8H2,1H3. The van der Waals surface area contributed by atoms with Crippen molar-refractivity contribution in [1.82, 2.24) is 5.32 Å². The number of hydrogen-bond acceptors (Lipinski definition) is 2. The van der Waals surface area contributed by atoms with Crippen LogP contribution >= 0.6 is 11.6 Å². The minimum absolute atomic E-state index is 0.198. The molecule has 1 aliphatic rings. The van der Waals surface area contributed by atoms with Crippen LogP contribution in [0.2, 0.25) is 5.02 Å². The van der Waals surface area contributed by atoms with Crippen LogP contribution in [0.4, 0.5) is 10.1 Å². The molecule has 4 heteroatoms. The van der Waals surface area contributed by atoms with E-state index in [9.17, 15) is 4.39 Å². The topological polar surface area (TPSA) is 15.3 Å². The van der Waals surface area contributed by atoms with Crippen molar-refractivity contribution in [1.29, 1.82) is 0 Å². The lowest BCUT2D eigenvalue weighted by Gasteiger charge is -2.35. The van der Waals surface area contributed by atoms with Gasteiger partial charge in [0.25, 0.3) is 0 Å². The second-order valence-electron chi connectivity index (χ2n) is 4.10. The smallest absolute Gasteiger partial charge is 0.141 e. The summed E-state index contributed by atoms with van der Waals surface area (Å²) in [5.74, 6) is -0.354.